The van der Waals surface area contributed by atoms with E-state index in [4.69, 9.17) is 9.47 Å². The van der Waals surface area contributed by atoms with Crippen LogP contribution in [0.1, 0.15) is 16.1 Å². The molecule has 0 aliphatic rings. The van der Waals surface area contributed by atoms with Crippen LogP contribution in [0, 0.1) is 6.92 Å². The van der Waals surface area contributed by atoms with Gasteiger partial charge in [0.25, 0.3) is 5.91 Å². The number of carbonyl (C=O) groups excluding carboxylic acids is 1. The van der Waals surface area contributed by atoms with E-state index in [0.29, 0.717) is 23.0 Å². The zero-order valence-corrected chi connectivity index (χ0v) is 15.3. The molecule has 1 aromatic heterocycles. The number of carbonyl (C=O) groups is 1. The number of anilines is 3. The molecule has 0 atom stereocenters. The molecule has 2 N–H and O–H groups in total. The Labute approximate surface area is 157 Å². The van der Waals surface area contributed by atoms with Crippen molar-refractivity contribution in [2.24, 2.45) is 0 Å². The summed E-state index contributed by atoms with van der Waals surface area (Å²) in [5, 5.41) is 5.90. The van der Waals surface area contributed by atoms with Crippen molar-refractivity contribution >= 4 is 23.1 Å². The van der Waals surface area contributed by atoms with Crippen LogP contribution in [-0.2, 0) is 0 Å². The highest BCUT2D eigenvalue weighted by molar-refractivity contribution is 6.03. The predicted molar refractivity (Wildman–Crippen MR) is 104 cm³/mol. The first kappa shape index (κ1) is 18.2. The maximum absolute atomic E-state index is 12.4. The van der Waals surface area contributed by atoms with Crippen molar-refractivity contribution in [2.75, 3.05) is 24.9 Å². The van der Waals surface area contributed by atoms with Gasteiger partial charge in [-0.05, 0) is 31.2 Å². The summed E-state index contributed by atoms with van der Waals surface area (Å²) in [4.78, 5) is 20.8. The van der Waals surface area contributed by atoms with E-state index in [2.05, 4.69) is 20.6 Å². The number of hydrogen-bond acceptors (Lipinski definition) is 6. The molecular weight excluding hydrogens is 344 g/mol. The minimum Gasteiger partial charge on any atom is -0.497 e. The topological polar surface area (TPSA) is 85.4 Å². The number of aryl methyl sites for hydroxylation is 1. The van der Waals surface area contributed by atoms with Gasteiger partial charge in [-0.15, -0.1) is 0 Å². The Morgan fingerprint density at radius 1 is 0.963 bits per heavy atom. The monoisotopic (exact) mass is 364 g/mol. The average Bonchev–Trinajstić information content (AvgIpc) is 2.70. The van der Waals surface area contributed by atoms with Crippen molar-refractivity contribution < 1.29 is 14.3 Å². The molecule has 0 spiro atoms. The number of nitrogens with one attached hydrogen (secondary N) is 2. The summed E-state index contributed by atoms with van der Waals surface area (Å²) in [6, 6.07) is 13.0. The quantitative estimate of drug-likeness (QED) is 0.692. The number of aromatic nitrogens is 2. The molecule has 2 aromatic carbocycles. The standard InChI is InChI=1S/C20H20N4O3/c1-13-4-6-14(7-5-13)23-19-12-21-17(11-22-19)20(25)24-16-9-8-15(26-2)10-18(16)27-3/h4-12H,1-3H3,(H,22,23)(H,24,25). The molecule has 3 aromatic rings. The number of amides is 1. The van der Waals surface area contributed by atoms with Crippen LogP contribution in [0.3, 0.4) is 0 Å². The van der Waals surface area contributed by atoms with Crippen molar-refractivity contribution in [1.82, 2.24) is 9.97 Å². The fourth-order valence-corrected chi connectivity index (χ4v) is 2.38. The van der Waals surface area contributed by atoms with Crippen LogP contribution < -0.4 is 20.1 Å². The molecule has 0 fully saturated rings. The lowest BCUT2D eigenvalue weighted by atomic mass is 10.2. The number of benzene rings is 2. The van der Waals surface area contributed by atoms with Gasteiger partial charge in [0.15, 0.2) is 0 Å². The molecule has 3 rings (SSSR count). The van der Waals surface area contributed by atoms with E-state index in [1.54, 1.807) is 25.3 Å². The first-order valence-electron chi connectivity index (χ1n) is 8.28. The second-order valence-electron chi connectivity index (χ2n) is 5.80. The van der Waals surface area contributed by atoms with Crippen molar-refractivity contribution in [2.45, 2.75) is 6.92 Å². The summed E-state index contributed by atoms with van der Waals surface area (Å²) in [5.74, 6) is 1.30. The van der Waals surface area contributed by atoms with Crippen LogP contribution in [-0.4, -0.2) is 30.1 Å². The van der Waals surface area contributed by atoms with Gasteiger partial charge in [-0.1, -0.05) is 17.7 Å². The Bertz CT molecular complexity index is 925. The van der Waals surface area contributed by atoms with Crippen LogP contribution in [0.2, 0.25) is 0 Å². The van der Waals surface area contributed by atoms with E-state index in [-0.39, 0.29) is 11.6 Å². The van der Waals surface area contributed by atoms with Gasteiger partial charge >= 0.3 is 0 Å². The average molecular weight is 364 g/mol. The largest absolute Gasteiger partial charge is 0.497 e. The highest BCUT2D eigenvalue weighted by Crippen LogP contribution is 2.29. The Hall–Kier alpha value is -3.61. The normalized spacial score (nSPS) is 10.2. The molecule has 0 aliphatic heterocycles. The van der Waals surface area contributed by atoms with Crippen LogP contribution >= 0.6 is 0 Å². The van der Waals surface area contributed by atoms with Gasteiger partial charge < -0.3 is 20.1 Å². The molecule has 1 amide bonds. The maximum Gasteiger partial charge on any atom is 0.275 e. The van der Waals surface area contributed by atoms with Gasteiger partial charge in [0.05, 0.1) is 32.3 Å². The zero-order valence-electron chi connectivity index (χ0n) is 15.3. The number of methoxy groups -OCH3 is 2. The molecule has 0 saturated heterocycles. The lowest BCUT2D eigenvalue weighted by molar-refractivity contribution is 0.102. The SMILES string of the molecule is COc1ccc(NC(=O)c2cnc(Nc3ccc(C)cc3)cn2)c(OC)c1. The first-order valence-corrected chi connectivity index (χ1v) is 8.28. The van der Waals surface area contributed by atoms with E-state index < -0.39 is 0 Å². The van der Waals surface area contributed by atoms with Gasteiger partial charge in [0.2, 0.25) is 0 Å². The van der Waals surface area contributed by atoms with Gasteiger partial charge in [-0.3, -0.25) is 4.79 Å². The summed E-state index contributed by atoms with van der Waals surface area (Å²) in [5.41, 5.74) is 2.79. The molecule has 0 radical (unpaired) electrons. The lowest BCUT2D eigenvalue weighted by Crippen LogP contribution is -2.15. The third kappa shape index (κ3) is 4.52. The smallest absolute Gasteiger partial charge is 0.275 e. The Morgan fingerprint density at radius 3 is 2.37 bits per heavy atom. The molecular formula is C20H20N4O3. The molecule has 7 nitrogen and oxygen atoms in total. The molecule has 0 bridgehead atoms. The third-order valence-corrected chi connectivity index (χ3v) is 3.87. The molecule has 27 heavy (non-hydrogen) atoms. The highest BCUT2D eigenvalue weighted by Gasteiger charge is 2.12. The maximum atomic E-state index is 12.4. The molecule has 0 aliphatic carbocycles. The van der Waals surface area contributed by atoms with Crippen LogP contribution in [0.15, 0.2) is 54.9 Å². The molecule has 0 saturated carbocycles. The molecule has 7 heteroatoms. The fourth-order valence-electron chi connectivity index (χ4n) is 2.38. The second-order valence-corrected chi connectivity index (χ2v) is 5.80. The van der Waals surface area contributed by atoms with E-state index in [1.165, 1.54) is 25.1 Å². The number of rotatable bonds is 6. The van der Waals surface area contributed by atoms with Crippen LogP contribution in [0.25, 0.3) is 0 Å². The van der Waals surface area contributed by atoms with Crippen molar-refractivity contribution in [3.8, 4) is 11.5 Å². The minimum absolute atomic E-state index is 0.197. The third-order valence-electron chi connectivity index (χ3n) is 3.87. The fraction of sp³-hybridized carbons (Fsp3) is 0.150. The van der Waals surface area contributed by atoms with Crippen molar-refractivity contribution in [3.05, 3.63) is 66.1 Å². The molecule has 138 valence electrons. The van der Waals surface area contributed by atoms with E-state index in [0.717, 1.165) is 5.69 Å². The molecule has 0 unspecified atom stereocenters. The van der Waals surface area contributed by atoms with Crippen molar-refractivity contribution in [1.29, 1.82) is 0 Å². The minimum atomic E-state index is -0.382. The van der Waals surface area contributed by atoms with E-state index >= 15 is 0 Å². The zero-order chi connectivity index (χ0) is 19.2. The van der Waals surface area contributed by atoms with E-state index in [9.17, 15) is 4.79 Å². The summed E-state index contributed by atoms with van der Waals surface area (Å²) in [6.07, 6.45) is 2.93. The predicted octanol–water partition coefficient (Wildman–Crippen LogP) is 3.80. The van der Waals surface area contributed by atoms with Gasteiger partial charge in [-0.25, -0.2) is 9.97 Å². The van der Waals surface area contributed by atoms with Gasteiger partial charge in [0.1, 0.15) is 23.0 Å². The molecule has 1 heterocycles. The summed E-state index contributed by atoms with van der Waals surface area (Å²) < 4.78 is 10.4. The van der Waals surface area contributed by atoms with Crippen LogP contribution in [0.5, 0.6) is 11.5 Å². The first-order chi connectivity index (χ1) is 13.1. The van der Waals surface area contributed by atoms with Gasteiger partial charge in [-0.2, -0.15) is 0 Å². The Kier molecular flexibility index (Phi) is 5.51. The Morgan fingerprint density at radius 2 is 1.74 bits per heavy atom. The lowest BCUT2D eigenvalue weighted by Gasteiger charge is -2.11. The summed E-state index contributed by atoms with van der Waals surface area (Å²) >= 11 is 0. The second kappa shape index (κ2) is 8.18. The number of ether oxygens (including phenoxy) is 2. The van der Waals surface area contributed by atoms with Gasteiger partial charge in [0, 0.05) is 11.8 Å². The summed E-state index contributed by atoms with van der Waals surface area (Å²) in [7, 11) is 3.09. The highest BCUT2D eigenvalue weighted by atomic mass is 16.5. The number of hydrogen-bond donors (Lipinski definition) is 2. The number of nitrogens with zero attached hydrogens (tertiary/aromatic N) is 2. The Balaban J connectivity index is 1.69. The van der Waals surface area contributed by atoms with Crippen LogP contribution in [0.4, 0.5) is 17.2 Å². The van der Waals surface area contributed by atoms with E-state index in [1.807, 2.05) is 31.2 Å². The summed E-state index contributed by atoms with van der Waals surface area (Å²) in [6.45, 7) is 2.02. The van der Waals surface area contributed by atoms with Crippen molar-refractivity contribution in [3.63, 3.8) is 0 Å².